The minimum atomic E-state index is 0. The summed E-state index contributed by atoms with van der Waals surface area (Å²) in [5.41, 5.74) is 7.61. The van der Waals surface area contributed by atoms with Crippen LogP contribution >= 0.6 is 0 Å². The SMILES string of the molecule is C(=Nc1ccccc1)[N-]c1ccccc1.C(=Nc1ccccc1)[N-]c1ccccc1.CN1[CH-]N(c2[c-]cccc2)c2ncncc21.CN1[CH-]N(c2[c-]cccc2)c2ncncc21.[Pt].[Pt]. The molecule has 0 spiro atoms. The molecule has 0 atom stereocenters. The summed E-state index contributed by atoms with van der Waals surface area (Å²) in [6, 6.07) is 61.0. The molecular formula is C50H42N12Pt2-6. The molecule has 12 nitrogen and oxygen atoms in total. The number of aliphatic imine (C=N–C) groups is 2. The molecule has 4 heterocycles. The predicted octanol–water partition coefficient (Wildman–Crippen LogP) is 12.1. The second kappa shape index (κ2) is 25.8. The van der Waals surface area contributed by atoms with Gasteiger partial charge >= 0.3 is 0 Å². The smallest absolute Gasteiger partial charge is 0.128 e. The van der Waals surface area contributed by atoms with Gasteiger partial charge in [-0.05, 0) is 36.8 Å². The normalized spacial score (nSPS) is 11.9. The number of nitrogens with zero attached hydrogens (tertiary/aromatic N) is 12. The van der Waals surface area contributed by atoms with E-state index < -0.39 is 0 Å². The summed E-state index contributed by atoms with van der Waals surface area (Å²) in [7, 11) is 3.95. The van der Waals surface area contributed by atoms with E-state index in [4.69, 9.17) is 0 Å². The van der Waals surface area contributed by atoms with Crippen molar-refractivity contribution in [2.24, 2.45) is 9.98 Å². The Balaban J connectivity index is 0.000000159. The van der Waals surface area contributed by atoms with Gasteiger partial charge in [-0.25, -0.2) is 19.9 Å². The maximum Gasteiger partial charge on any atom is 0.128 e. The van der Waals surface area contributed by atoms with Crippen LogP contribution < -0.4 is 19.6 Å². The van der Waals surface area contributed by atoms with E-state index in [0.29, 0.717) is 0 Å². The summed E-state index contributed by atoms with van der Waals surface area (Å²) in [6.45, 7) is 3.95. The monoisotopic (exact) mass is 1200 g/mol. The van der Waals surface area contributed by atoms with E-state index in [1.165, 1.54) is 0 Å². The van der Waals surface area contributed by atoms with E-state index in [-0.39, 0.29) is 42.1 Å². The molecule has 2 aliphatic heterocycles. The van der Waals surface area contributed by atoms with E-state index in [2.05, 4.69) is 52.7 Å². The first-order valence-corrected chi connectivity index (χ1v) is 19.6. The molecule has 8 aromatic rings. The largest absolute Gasteiger partial charge is 0.501 e. The summed E-state index contributed by atoms with van der Waals surface area (Å²) in [6.07, 6.45) is 9.88. The number of benzene rings is 6. The van der Waals surface area contributed by atoms with Gasteiger partial charge < -0.3 is 40.2 Å². The molecule has 2 aromatic heterocycles. The first-order valence-electron chi connectivity index (χ1n) is 19.6. The van der Waals surface area contributed by atoms with Gasteiger partial charge in [0.15, 0.2) is 0 Å². The molecule has 14 heteroatoms. The van der Waals surface area contributed by atoms with E-state index in [0.717, 1.165) is 57.1 Å². The molecule has 64 heavy (non-hydrogen) atoms. The van der Waals surface area contributed by atoms with Crippen molar-refractivity contribution in [3.8, 4) is 0 Å². The quantitative estimate of drug-likeness (QED) is 0.0839. The molecule has 0 N–H and O–H groups in total. The van der Waals surface area contributed by atoms with Crippen LogP contribution in [-0.2, 0) is 42.1 Å². The summed E-state index contributed by atoms with van der Waals surface area (Å²) >= 11 is 0. The van der Waals surface area contributed by atoms with Crippen molar-refractivity contribution < 1.29 is 42.1 Å². The first kappa shape index (κ1) is 48.0. The van der Waals surface area contributed by atoms with Gasteiger partial charge in [0.25, 0.3) is 0 Å². The van der Waals surface area contributed by atoms with Crippen molar-refractivity contribution in [2.45, 2.75) is 0 Å². The predicted molar refractivity (Wildman–Crippen MR) is 252 cm³/mol. The minimum Gasteiger partial charge on any atom is -0.501 e. The number of rotatable bonds is 8. The number of anilines is 6. The minimum absolute atomic E-state index is 0. The van der Waals surface area contributed by atoms with Crippen LogP contribution in [0.15, 0.2) is 205 Å². The Kier molecular flexibility index (Phi) is 19.4. The fraction of sp³-hybridized carbons (Fsp3) is 0.0400. The third kappa shape index (κ3) is 14.0. The van der Waals surface area contributed by atoms with Crippen molar-refractivity contribution in [1.82, 2.24) is 19.9 Å². The Bertz CT molecular complexity index is 2400. The van der Waals surface area contributed by atoms with Crippen LogP contribution in [0.25, 0.3) is 10.6 Å². The van der Waals surface area contributed by atoms with Crippen LogP contribution in [0.4, 0.5) is 57.1 Å². The molecule has 328 valence electrons. The molecule has 0 saturated carbocycles. The van der Waals surface area contributed by atoms with E-state index in [9.17, 15) is 0 Å². The summed E-state index contributed by atoms with van der Waals surface area (Å²) in [5.74, 6) is 1.78. The van der Waals surface area contributed by atoms with Gasteiger partial charge in [-0.3, -0.25) is 0 Å². The molecule has 0 amide bonds. The zero-order valence-corrected chi connectivity index (χ0v) is 39.3. The molecule has 2 aliphatic rings. The second-order valence-corrected chi connectivity index (χ2v) is 13.2. The fourth-order valence-electron chi connectivity index (χ4n) is 5.88. The molecule has 0 bridgehead atoms. The molecule has 0 fully saturated rings. The fourth-order valence-corrected chi connectivity index (χ4v) is 5.88. The van der Waals surface area contributed by atoms with Crippen molar-refractivity contribution >= 4 is 69.8 Å². The first-order chi connectivity index (χ1) is 30.6. The van der Waals surface area contributed by atoms with E-state index in [1.54, 1.807) is 25.3 Å². The number of para-hydroxylation sites is 6. The maximum absolute atomic E-state index is 4.29. The average molecular weight is 1200 g/mol. The molecule has 0 saturated heterocycles. The Morgan fingerprint density at radius 3 is 1.20 bits per heavy atom. The van der Waals surface area contributed by atoms with Crippen molar-refractivity contribution in [3.05, 3.63) is 231 Å². The Hall–Kier alpha value is -7.00. The number of fused-ring (bicyclic) bond motifs is 2. The van der Waals surface area contributed by atoms with Gasteiger partial charge in [0.2, 0.25) is 0 Å². The number of hydrogen-bond donors (Lipinski definition) is 0. The van der Waals surface area contributed by atoms with Crippen LogP contribution in [0.1, 0.15) is 0 Å². The molecule has 0 radical (unpaired) electrons. The number of aromatic nitrogens is 4. The van der Waals surface area contributed by atoms with Gasteiger partial charge in [-0.1, -0.05) is 134 Å². The van der Waals surface area contributed by atoms with Crippen molar-refractivity contribution in [2.75, 3.05) is 33.7 Å². The third-order valence-electron chi connectivity index (χ3n) is 8.90. The summed E-state index contributed by atoms with van der Waals surface area (Å²) in [4.78, 5) is 33.0. The van der Waals surface area contributed by atoms with Crippen LogP contribution in [0, 0.1) is 25.5 Å². The molecule has 6 aromatic carbocycles. The topological polar surface area (TPSA) is 117 Å². The molecule has 0 aliphatic carbocycles. The zero-order chi connectivity index (χ0) is 42.6. The Morgan fingerprint density at radius 2 is 0.844 bits per heavy atom. The van der Waals surface area contributed by atoms with Crippen LogP contribution in [0.3, 0.4) is 0 Å². The van der Waals surface area contributed by atoms with Crippen LogP contribution in [-0.4, -0.2) is 46.7 Å². The molecular weight excluding hydrogens is 1160 g/mol. The third-order valence-corrected chi connectivity index (χ3v) is 8.90. The van der Waals surface area contributed by atoms with Gasteiger partial charge in [0.1, 0.15) is 24.3 Å². The summed E-state index contributed by atoms with van der Waals surface area (Å²) in [5, 5.41) is 8.42. The standard InChI is InChI=1S/2C13H11N2.2C12H10N4.2Pt/c2*1-3-7-12(8-4-1)14-11-15-13-9-5-2-6-10-13;2*1-15-9-16(10-5-3-2-4-6-10)12-11(15)7-13-8-14-12;;/h2*1-11H;2*2-5,7-9H,1H3;;/q2*-1;2*-2;;. The Labute approximate surface area is 404 Å². The van der Waals surface area contributed by atoms with E-state index in [1.807, 2.05) is 229 Å². The second-order valence-electron chi connectivity index (χ2n) is 13.2. The van der Waals surface area contributed by atoms with Gasteiger partial charge in [-0.2, -0.15) is 74.0 Å². The van der Waals surface area contributed by atoms with E-state index >= 15 is 0 Å². The molecule has 0 unspecified atom stereocenters. The Morgan fingerprint density at radius 1 is 0.484 bits per heavy atom. The van der Waals surface area contributed by atoms with Crippen LogP contribution in [0.5, 0.6) is 0 Å². The van der Waals surface area contributed by atoms with Crippen molar-refractivity contribution in [3.63, 3.8) is 0 Å². The van der Waals surface area contributed by atoms with Crippen molar-refractivity contribution in [1.29, 1.82) is 0 Å². The van der Waals surface area contributed by atoms with Gasteiger partial charge in [0.05, 0.1) is 23.8 Å². The zero-order valence-electron chi connectivity index (χ0n) is 34.8. The van der Waals surface area contributed by atoms with Gasteiger partial charge in [0, 0.05) is 42.1 Å². The molecule has 10 rings (SSSR count). The maximum atomic E-state index is 4.29. The average Bonchev–Trinajstić information content (AvgIpc) is 3.87. The van der Waals surface area contributed by atoms with Gasteiger partial charge in [-0.15, -0.1) is 11.4 Å². The number of hydrogen-bond acceptors (Lipinski definition) is 10. The summed E-state index contributed by atoms with van der Waals surface area (Å²) < 4.78 is 0. The van der Waals surface area contributed by atoms with Crippen LogP contribution in [0.2, 0.25) is 0 Å².